The van der Waals surface area contributed by atoms with E-state index in [0.29, 0.717) is 30.4 Å². The number of carboxylic acids is 1. The van der Waals surface area contributed by atoms with Gasteiger partial charge in [-0.3, -0.25) is 14.5 Å². The molecule has 3 aromatic carbocycles. The van der Waals surface area contributed by atoms with Crippen molar-refractivity contribution in [2.24, 2.45) is 5.92 Å². The first-order chi connectivity index (χ1) is 21.8. The minimum absolute atomic E-state index is 0.0266. The van der Waals surface area contributed by atoms with Crippen molar-refractivity contribution in [2.75, 3.05) is 50.9 Å². The molecule has 1 saturated heterocycles. The van der Waals surface area contributed by atoms with Gasteiger partial charge in [-0.25, -0.2) is 0 Å². The van der Waals surface area contributed by atoms with Crippen LogP contribution in [0.25, 0.3) is 0 Å². The molecular weight excluding hydrogens is 592 g/mol. The summed E-state index contributed by atoms with van der Waals surface area (Å²) in [5, 5.41) is 13.9. The number of methoxy groups -OCH3 is 1. The van der Waals surface area contributed by atoms with E-state index in [1.165, 1.54) is 0 Å². The van der Waals surface area contributed by atoms with Crippen LogP contribution in [0, 0.1) is 12.8 Å². The maximum atomic E-state index is 13.8. The van der Waals surface area contributed by atoms with Gasteiger partial charge in [0, 0.05) is 29.9 Å². The van der Waals surface area contributed by atoms with Crippen LogP contribution in [-0.4, -0.2) is 67.5 Å². The number of carbonyl (C=O) groups is 2. The lowest BCUT2D eigenvalue weighted by Crippen LogP contribution is -2.35. The number of rotatable bonds is 13. The van der Waals surface area contributed by atoms with Gasteiger partial charge in [0.15, 0.2) is 11.5 Å². The van der Waals surface area contributed by atoms with Gasteiger partial charge in [0.05, 0.1) is 26.2 Å². The van der Waals surface area contributed by atoms with Crippen LogP contribution in [-0.2, 0) is 22.4 Å². The normalized spacial score (nSPS) is 19.0. The number of aliphatic carboxylic acids is 1. The SMILES string of the molecule is CCc1cc(C)cc(CC)c1NC(=O)CN1C[C@H](c2cc(OC)c3c(c2)OCO3)[C@@H](C(=O)O)[C@@H]1c1ccc(OCCSC)cc1. The van der Waals surface area contributed by atoms with Crippen molar-refractivity contribution in [3.63, 3.8) is 0 Å². The van der Waals surface area contributed by atoms with Gasteiger partial charge in [-0.1, -0.05) is 43.7 Å². The molecule has 45 heavy (non-hydrogen) atoms. The van der Waals surface area contributed by atoms with Crippen LogP contribution >= 0.6 is 11.8 Å². The number of benzene rings is 3. The lowest BCUT2D eigenvalue weighted by molar-refractivity contribution is -0.143. The molecule has 10 heteroatoms. The van der Waals surface area contributed by atoms with E-state index >= 15 is 0 Å². The number of nitrogens with zero attached hydrogens (tertiary/aromatic N) is 1. The fourth-order valence-corrected chi connectivity index (χ4v) is 6.77. The number of amides is 1. The molecule has 0 saturated carbocycles. The molecule has 0 aromatic heterocycles. The number of aryl methyl sites for hydroxylation is 3. The van der Waals surface area contributed by atoms with Gasteiger partial charge < -0.3 is 29.4 Å². The molecule has 0 spiro atoms. The second kappa shape index (κ2) is 14.5. The third-order valence-corrected chi connectivity index (χ3v) is 9.16. The predicted molar refractivity (Wildman–Crippen MR) is 176 cm³/mol. The molecular formula is C35H42N2O7S. The second-order valence-corrected chi connectivity index (χ2v) is 12.4. The molecule has 2 aliphatic heterocycles. The van der Waals surface area contributed by atoms with Crippen molar-refractivity contribution in [2.45, 2.75) is 45.6 Å². The molecule has 240 valence electrons. The first-order valence-corrected chi connectivity index (χ1v) is 16.8. The Hall–Kier alpha value is -3.89. The average Bonchev–Trinajstić information content (AvgIpc) is 3.66. The van der Waals surface area contributed by atoms with Crippen LogP contribution < -0.4 is 24.3 Å². The minimum atomic E-state index is -0.940. The van der Waals surface area contributed by atoms with Crippen LogP contribution in [0.5, 0.6) is 23.0 Å². The summed E-state index contributed by atoms with van der Waals surface area (Å²) >= 11 is 1.71. The first-order valence-electron chi connectivity index (χ1n) is 15.4. The molecule has 0 aliphatic carbocycles. The van der Waals surface area contributed by atoms with E-state index in [1.54, 1.807) is 18.9 Å². The number of nitrogens with one attached hydrogen (secondary N) is 1. The highest BCUT2D eigenvalue weighted by Gasteiger charge is 2.48. The van der Waals surface area contributed by atoms with Crippen LogP contribution in [0.2, 0.25) is 0 Å². The summed E-state index contributed by atoms with van der Waals surface area (Å²) in [5.41, 5.74) is 5.75. The quantitative estimate of drug-likeness (QED) is 0.217. The highest BCUT2D eigenvalue weighted by molar-refractivity contribution is 7.98. The Kier molecular flexibility index (Phi) is 10.5. The van der Waals surface area contributed by atoms with E-state index in [4.69, 9.17) is 18.9 Å². The number of anilines is 1. The number of fused-ring (bicyclic) bond motifs is 1. The van der Waals surface area contributed by atoms with E-state index in [2.05, 4.69) is 38.2 Å². The van der Waals surface area contributed by atoms with Gasteiger partial charge in [-0.2, -0.15) is 11.8 Å². The van der Waals surface area contributed by atoms with Crippen LogP contribution in [0.3, 0.4) is 0 Å². The molecule has 0 radical (unpaired) electrons. The Bertz CT molecular complexity index is 1500. The van der Waals surface area contributed by atoms with Crippen molar-refractivity contribution in [1.29, 1.82) is 0 Å². The third-order valence-electron chi connectivity index (χ3n) is 8.59. The maximum absolute atomic E-state index is 13.8. The lowest BCUT2D eigenvalue weighted by atomic mass is 9.82. The zero-order valence-electron chi connectivity index (χ0n) is 26.6. The lowest BCUT2D eigenvalue weighted by Gasteiger charge is -2.27. The van der Waals surface area contributed by atoms with Gasteiger partial charge in [0.25, 0.3) is 0 Å². The number of carboxylic acid groups (broad SMARTS) is 1. The Morgan fingerprint density at radius 1 is 1.04 bits per heavy atom. The monoisotopic (exact) mass is 634 g/mol. The Morgan fingerprint density at radius 3 is 2.38 bits per heavy atom. The Morgan fingerprint density at radius 2 is 1.76 bits per heavy atom. The third kappa shape index (κ3) is 7.02. The van der Waals surface area contributed by atoms with Crippen molar-refractivity contribution >= 4 is 29.3 Å². The molecule has 3 aromatic rings. The summed E-state index contributed by atoms with van der Waals surface area (Å²) in [5.74, 6) is 0.693. The highest BCUT2D eigenvalue weighted by atomic mass is 32.2. The van der Waals surface area contributed by atoms with E-state index < -0.39 is 23.8 Å². The molecule has 9 nitrogen and oxygen atoms in total. The van der Waals surface area contributed by atoms with E-state index in [9.17, 15) is 14.7 Å². The fraction of sp³-hybridized carbons (Fsp3) is 0.429. The highest BCUT2D eigenvalue weighted by Crippen LogP contribution is 2.50. The van der Waals surface area contributed by atoms with Gasteiger partial charge >= 0.3 is 5.97 Å². The first kappa shape index (κ1) is 32.5. The average molecular weight is 635 g/mol. The molecule has 3 atom stereocenters. The van der Waals surface area contributed by atoms with E-state index in [-0.39, 0.29) is 19.2 Å². The summed E-state index contributed by atoms with van der Waals surface area (Å²) in [6.07, 6.45) is 3.61. The molecule has 2 N–H and O–H groups in total. The van der Waals surface area contributed by atoms with Crippen LogP contribution in [0.1, 0.15) is 53.6 Å². The zero-order valence-corrected chi connectivity index (χ0v) is 27.4. The zero-order chi connectivity index (χ0) is 32.1. The van der Waals surface area contributed by atoms with Crippen molar-refractivity contribution in [1.82, 2.24) is 4.90 Å². The maximum Gasteiger partial charge on any atom is 0.309 e. The largest absolute Gasteiger partial charge is 0.493 e. The predicted octanol–water partition coefficient (Wildman–Crippen LogP) is 6.08. The summed E-state index contributed by atoms with van der Waals surface area (Å²) in [7, 11) is 1.55. The summed E-state index contributed by atoms with van der Waals surface area (Å²) < 4.78 is 22.7. The number of ether oxygens (including phenoxy) is 4. The smallest absolute Gasteiger partial charge is 0.309 e. The Balaban J connectivity index is 1.50. The number of hydrogen-bond donors (Lipinski definition) is 2. The number of hydrogen-bond acceptors (Lipinski definition) is 8. The molecule has 1 fully saturated rings. The summed E-state index contributed by atoms with van der Waals surface area (Å²) in [6, 6.07) is 14.9. The molecule has 0 bridgehead atoms. The van der Waals surface area contributed by atoms with Crippen molar-refractivity contribution in [3.8, 4) is 23.0 Å². The van der Waals surface area contributed by atoms with E-state index in [1.807, 2.05) is 47.6 Å². The van der Waals surface area contributed by atoms with Gasteiger partial charge in [-0.05, 0) is 72.5 Å². The molecule has 2 heterocycles. The van der Waals surface area contributed by atoms with E-state index in [0.717, 1.165) is 57.8 Å². The number of thioether (sulfide) groups is 1. The summed E-state index contributed by atoms with van der Waals surface area (Å²) in [6.45, 7) is 7.25. The molecule has 2 aliphatic rings. The number of carbonyl (C=O) groups excluding carboxylic acids is 1. The van der Waals surface area contributed by atoms with Crippen molar-refractivity contribution in [3.05, 3.63) is 76.3 Å². The van der Waals surface area contributed by atoms with Crippen molar-refractivity contribution < 1.29 is 33.6 Å². The molecule has 0 unspecified atom stereocenters. The fourth-order valence-electron chi connectivity index (χ4n) is 6.52. The topological polar surface area (TPSA) is 107 Å². The van der Waals surface area contributed by atoms with Gasteiger partial charge in [0.2, 0.25) is 18.4 Å². The van der Waals surface area contributed by atoms with Gasteiger partial charge in [0.1, 0.15) is 5.75 Å². The standard InChI is InChI=1S/C35H42N2O7S/c1-6-22-14-21(3)15-23(7-2)32(22)36-30(38)19-37-18-27(25-16-28(41-4)34-29(17-25)43-20-44-34)31(35(39)40)33(37)24-8-10-26(11-9-24)42-12-13-45-5/h8-11,14-17,27,31,33H,6-7,12-13,18-20H2,1-5H3,(H,36,38)(H,39,40)/t27-,31-,33+/m1/s1. The van der Waals surface area contributed by atoms with Crippen LogP contribution in [0.15, 0.2) is 48.5 Å². The number of likely N-dealkylation sites (tertiary alicyclic amines) is 1. The second-order valence-electron chi connectivity index (χ2n) is 11.4. The minimum Gasteiger partial charge on any atom is -0.493 e. The van der Waals surface area contributed by atoms with Gasteiger partial charge in [-0.15, -0.1) is 0 Å². The summed E-state index contributed by atoms with van der Waals surface area (Å²) in [4.78, 5) is 28.8. The molecule has 5 rings (SSSR count). The van der Waals surface area contributed by atoms with Crippen LogP contribution in [0.4, 0.5) is 5.69 Å². The molecule has 1 amide bonds. The Labute approximate surface area is 269 Å².